The van der Waals surface area contributed by atoms with E-state index in [0.717, 1.165) is 11.5 Å². The van der Waals surface area contributed by atoms with Gasteiger partial charge in [0.05, 0.1) is 12.8 Å². The smallest absolute Gasteiger partial charge is 0.160 e. The van der Waals surface area contributed by atoms with E-state index in [1.807, 2.05) is 37.3 Å². The Kier molecular flexibility index (Phi) is 3.86. The monoisotopic (exact) mass is 296 g/mol. The number of hydrogen-bond acceptors (Lipinski definition) is 7. The molecular formula is C15H16N6O. The molecule has 22 heavy (non-hydrogen) atoms. The van der Waals surface area contributed by atoms with Gasteiger partial charge in [0.25, 0.3) is 0 Å². The third kappa shape index (κ3) is 3.14. The summed E-state index contributed by atoms with van der Waals surface area (Å²) in [5.41, 5.74) is 7.44. The molecule has 0 aromatic carbocycles. The van der Waals surface area contributed by atoms with Crippen molar-refractivity contribution in [2.24, 2.45) is 0 Å². The number of rotatable bonds is 5. The molecular weight excluding hydrogens is 280 g/mol. The molecule has 0 amide bonds. The lowest BCUT2D eigenvalue weighted by atomic mass is 10.3. The summed E-state index contributed by atoms with van der Waals surface area (Å²) >= 11 is 0. The molecule has 0 saturated carbocycles. The van der Waals surface area contributed by atoms with Crippen LogP contribution in [0.2, 0.25) is 0 Å². The minimum atomic E-state index is 0.428. The predicted molar refractivity (Wildman–Crippen MR) is 84.7 cm³/mol. The number of nitrogens with two attached hydrogens (primary N) is 1. The molecule has 3 aromatic rings. The molecule has 3 aromatic heterocycles. The molecule has 0 spiro atoms. The molecule has 0 bridgehead atoms. The number of pyridine rings is 1. The molecule has 4 N–H and O–H groups in total. The van der Waals surface area contributed by atoms with E-state index in [9.17, 15) is 0 Å². The molecule has 112 valence electrons. The van der Waals surface area contributed by atoms with Crippen LogP contribution in [0.25, 0.3) is 0 Å². The van der Waals surface area contributed by atoms with Gasteiger partial charge in [0, 0.05) is 5.69 Å². The van der Waals surface area contributed by atoms with Crippen LogP contribution in [0.15, 0.2) is 47.3 Å². The van der Waals surface area contributed by atoms with Crippen molar-refractivity contribution in [3.05, 3.63) is 54.4 Å². The van der Waals surface area contributed by atoms with Gasteiger partial charge in [0.2, 0.25) is 0 Å². The summed E-state index contributed by atoms with van der Waals surface area (Å²) in [7, 11) is 0. The SMILES string of the molecule is Cc1cccc(Nc2ncnc(NCc3ccco3)c2N)n1. The molecule has 3 rings (SSSR count). The third-order valence-corrected chi connectivity index (χ3v) is 3.03. The first-order valence-corrected chi connectivity index (χ1v) is 6.80. The second-order valence-corrected chi connectivity index (χ2v) is 4.71. The maximum Gasteiger partial charge on any atom is 0.160 e. The van der Waals surface area contributed by atoms with E-state index in [1.165, 1.54) is 6.33 Å². The van der Waals surface area contributed by atoms with Crippen LogP contribution in [-0.2, 0) is 6.54 Å². The van der Waals surface area contributed by atoms with Crippen LogP contribution in [0.4, 0.5) is 23.1 Å². The zero-order valence-corrected chi connectivity index (χ0v) is 12.1. The van der Waals surface area contributed by atoms with Crippen LogP contribution in [-0.4, -0.2) is 15.0 Å². The van der Waals surface area contributed by atoms with Gasteiger partial charge < -0.3 is 20.8 Å². The van der Waals surface area contributed by atoms with E-state index in [4.69, 9.17) is 10.2 Å². The fraction of sp³-hybridized carbons (Fsp3) is 0.133. The lowest BCUT2D eigenvalue weighted by Gasteiger charge is -2.11. The van der Waals surface area contributed by atoms with Crippen molar-refractivity contribution in [2.75, 3.05) is 16.4 Å². The lowest BCUT2D eigenvalue weighted by Crippen LogP contribution is -2.08. The molecule has 0 aliphatic heterocycles. The maximum atomic E-state index is 6.10. The number of aryl methyl sites for hydroxylation is 1. The lowest BCUT2D eigenvalue weighted by molar-refractivity contribution is 0.518. The van der Waals surface area contributed by atoms with Crippen LogP contribution in [0.1, 0.15) is 11.5 Å². The summed E-state index contributed by atoms with van der Waals surface area (Å²) in [6, 6.07) is 9.39. The Labute approximate surface area is 127 Å². The molecule has 7 nitrogen and oxygen atoms in total. The molecule has 7 heteroatoms. The normalized spacial score (nSPS) is 10.4. The minimum absolute atomic E-state index is 0.428. The Hall–Kier alpha value is -3.09. The molecule has 0 fully saturated rings. The number of hydrogen-bond donors (Lipinski definition) is 3. The Morgan fingerprint density at radius 1 is 1.14 bits per heavy atom. The van der Waals surface area contributed by atoms with Gasteiger partial charge in [-0.2, -0.15) is 0 Å². The average molecular weight is 296 g/mol. The van der Waals surface area contributed by atoms with Crippen LogP contribution in [0.5, 0.6) is 0 Å². The Bertz CT molecular complexity index is 756. The van der Waals surface area contributed by atoms with Crippen molar-refractivity contribution < 1.29 is 4.42 Å². The quantitative estimate of drug-likeness (QED) is 0.665. The van der Waals surface area contributed by atoms with E-state index in [-0.39, 0.29) is 0 Å². The maximum absolute atomic E-state index is 6.10. The number of nitrogens with zero attached hydrogens (tertiary/aromatic N) is 3. The highest BCUT2D eigenvalue weighted by molar-refractivity contribution is 5.76. The standard InChI is InChI=1S/C15H16N6O/c1-10-4-2-6-12(20-10)21-15-13(16)14(18-9-19-15)17-8-11-5-3-7-22-11/h2-7,9H,8,16H2,1H3,(H2,17,18,19,20,21). The van der Waals surface area contributed by atoms with E-state index in [0.29, 0.717) is 29.7 Å². The van der Waals surface area contributed by atoms with Gasteiger partial charge in [-0.3, -0.25) is 0 Å². The average Bonchev–Trinajstić information content (AvgIpc) is 3.02. The van der Waals surface area contributed by atoms with Gasteiger partial charge in [-0.1, -0.05) is 6.07 Å². The first-order valence-electron chi connectivity index (χ1n) is 6.80. The van der Waals surface area contributed by atoms with Gasteiger partial charge in [0.1, 0.15) is 23.6 Å². The summed E-state index contributed by atoms with van der Waals surface area (Å²) in [6.45, 7) is 2.42. The summed E-state index contributed by atoms with van der Waals surface area (Å²) in [5, 5.41) is 6.22. The van der Waals surface area contributed by atoms with E-state index < -0.39 is 0 Å². The zero-order valence-electron chi connectivity index (χ0n) is 12.1. The first-order chi connectivity index (χ1) is 10.7. The highest BCUT2D eigenvalue weighted by atomic mass is 16.3. The third-order valence-electron chi connectivity index (χ3n) is 3.03. The minimum Gasteiger partial charge on any atom is -0.467 e. The van der Waals surface area contributed by atoms with E-state index in [2.05, 4.69) is 25.6 Å². The first kappa shape index (κ1) is 13.9. The number of nitrogens with one attached hydrogen (secondary N) is 2. The number of nitrogen functional groups attached to an aromatic ring is 1. The molecule has 0 saturated heterocycles. The Morgan fingerprint density at radius 3 is 2.77 bits per heavy atom. The van der Waals surface area contributed by atoms with Gasteiger partial charge >= 0.3 is 0 Å². The Morgan fingerprint density at radius 2 is 2.00 bits per heavy atom. The zero-order chi connectivity index (χ0) is 15.4. The van der Waals surface area contributed by atoms with Crippen LogP contribution in [0.3, 0.4) is 0 Å². The van der Waals surface area contributed by atoms with Crippen molar-refractivity contribution in [3.63, 3.8) is 0 Å². The fourth-order valence-electron chi connectivity index (χ4n) is 1.95. The molecule has 0 atom stereocenters. The Balaban J connectivity index is 1.76. The van der Waals surface area contributed by atoms with Crippen LogP contribution in [0, 0.1) is 6.92 Å². The van der Waals surface area contributed by atoms with Gasteiger partial charge in [-0.05, 0) is 31.2 Å². The van der Waals surface area contributed by atoms with Crippen LogP contribution < -0.4 is 16.4 Å². The molecule has 0 radical (unpaired) electrons. The summed E-state index contributed by atoms with van der Waals surface area (Å²) in [5.74, 6) is 2.53. The summed E-state index contributed by atoms with van der Waals surface area (Å²) in [6.07, 6.45) is 3.07. The van der Waals surface area contributed by atoms with Crippen molar-refractivity contribution in [2.45, 2.75) is 13.5 Å². The number of furan rings is 1. The predicted octanol–water partition coefficient (Wildman–Crippen LogP) is 2.71. The topological polar surface area (TPSA) is 102 Å². The van der Waals surface area contributed by atoms with Crippen molar-refractivity contribution in [1.29, 1.82) is 0 Å². The fourth-order valence-corrected chi connectivity index (χ4v) is 1.95. The van der Waals surface area contributed by atoms with Crippen molar-refractivity contribution in [1.82, 2.24) is 15.0 Å². The van der Waals surface area contributed by atoms with Gasteiger partial charge in [-0.15, -0.1) is 0 Å². The van der Waals surface area contributed by atoms with Crippen LogP contribution >= 0.6 is 0 Å². The summed E-state index contributed by atoms with van der Waals surface area (Å²) in [4.78, 5) is 12.7. The molecule has 0 aliphatic rings. The van der Waals surface area contributed by atoms with Crippen molar-refractivity contribution in [3.8, 4) is 0 Å². The highest BCUT2D eigenvalue weighted by Gasteiger charge is 2.09. The molecule has 0 aliphatic carbocycles. The van der Waals surface area contributed by atoms with E-state index in [1.54, 1.807) is 6.26 Å². The second kappa shape index (κ2) is 6.13. The molecule has 3 heterocycles. The summed E-state index contributed by atoms with van der Waals surface area (Å²) < 4.78 is 5.26. The number of aromatic nitrogens is 3. The van der Waals surface area contributed by atoms with E-state index >= 15 is 0 Å². The largest absolute Gasteiger partial charge is 0.467 e. The molecule has 0 unspecified atom stereocenters. The van der Waals surface area contributed by atoms with Crippen molar-refractivity contribution >= 4 is 23.1 Å². The number of anilines is 4. The highest BCUT2D eigenvalue weighted by Crippen LogP contribution is 2.25. The van der Waals surface area contributed by atoms with Gasteiger partial charge in [-0.25, -0.2) is 15.0 Å². The van der Waals surface area contributed by atoms with Gasteiger partial charge in [0.15, 0.2) is 11.6 Å². The second-order valence-electron chi connectivity index (χ2n) is 4.71.